The lowest BCUT2D eigenvalue weighted by Crippen LogP contribution is -2.29. The van der Waals surface area contributed by atoms with Crippen LogP contribution in [0.5, 0.6) is 5.75 Å². The van der Waals surface area contributed by atoms with Gasteiger partial charge in [-0.2, -0.15) is 0 Å². The number of aromatic nitrogens is 2. The molecule has 4 rings (SSSR count). The molecule has 1 aromatic heterocycles. The second kappa shape index (κ2) is 8.13. The third-order valence-corrected chi connectivity index (χ3v) is 5.16. The van der Waals surface area contributed by atoms with Crippen LogP contribution >= 0.6 is 23.2 Å². The van der Waals surface area contributed by atoms with E-state index in [0.717, 1.165) is 22.2 Å². The Kier molecular flexibility index (Phi) is 5.40. The lowest BCUT2D eigenvalue weighted by molar-refractivity contribution is 0.0954. The molecule has 0 saturated heterocycles. The molecule has 29 heavy (non-hydrogen) atoms. The van der Waals surface area contributed by atoms with Crippen LogP contribution in [0.4, 0.5) is 0 Å². The van der Waals surface area contributed by atoms with Gasteiger partial charge in [0, 0.05) is 26.7 Å². The Morgan fingerprint density at radius 3 is 2.48 bits per heavy atom. The van der Waals surface area contributed by atoms with Crippen LogP contribution in [0.2, 0.25) is 10.0 Å². The van der Waals surface area contributed by atoms with Crippen LogP contribution in [0.25, 0.3) is 22.4 Å². The van der Waals surface area contributed by atoms with Gasteiger partial charge >= 0.3 is 0 Å². The molecule has 0 aliphatic rings. The lowest BCUT2D eigenvalue weighted by atomic mass is 10.2. The molecule has 0 radical (unpaired) electrons. The predicted octanol–water partition coefficient (Wildman–Crippen LogP) is 4.72. The number of rotatable bonds is 5. The van der Waals surface area contributed by atoms with Crippen molar-refractivity contribution >= 4 is 40.1 Å². The first-order valence-corrected chi connectivity index (χ1v) is 9.47. The lowest BCUT2D eigenvalue weighted by Gasteiger charge is -2.09. The zero-order valence-electron chi connectivity index (χ0n) is 15.1. The molecule has 1 amide bonds. The summed E-state index contributed by atoms with van der Waals surface area (Å²) >= 11 is 12.3. The maximum absolute atomic E-state index is 11.7. The molecule has 0 fully saturated rings. The molecule has 3 aromatic carbocycles. The smallest absolute Gasteiger partial charge is 0.265 e. The maximum Gasteiger partial charge on any atom is 0.265 e. The number of imidazole rings is 1. The van der Waals surface area contributed by atoms with E-state index in [4.69, 9.17) is 33.8 Å². The number of halogens is 2. The van der Waals surface area contributed by atoms with Gasteiger partial charge in [-0.15, -0.1) is 0 Å². The van der Waals surface area contributed by atoms with E-state index in [0.29, 0.717) is 27.2 Å². The van der Waals surface area contributed by atoms with Crippen LogP contribution in [0, 0.1) is 0 Å². The molecule has 0 atom stereocenters. The number of hydrogen-bond donors (Lipinski definition) is 3. The summed E-state index contributed by atoms with van der Waals surface area (Å²) < 4.78 is 5.80. The van der Waals surface area contributed by atoms with Crippen LogP contribution in [-0.2, 0) is 6.61 Å². The van der Waals surface area contributed by atoms with E-state index < -0.39 is 0 Å². The summed E-state index contributed by atoms with van der Waals surface area (Å²) in [5.74, 6) is 6.20. The quantitative estimate of drug-likeness (QED) is 0.244. The molecule has 0 aliphatic carbocycles. The first-order chi connectivity index (χ1) is 14.0. The van der Waals surface area contributed by atoms with Gasteiger partial charge in [-0.3, -0.25) is 10.2 Å². The molecule has 0 saturated carbocycles. The fourth-order valence-electron chi connectivity index (χ4n) is 2.91. The summed E-state index contributed by atoms with van der Waals surface area (Å²) in [7, 11) is 0. The van der Waals surface area contributed by atoms with Crippen molar-refractivity contribution < 1.29 is 9.53 Å². The monoisotopic (exact) mass is 426 g/mol. The van der Waals surface area contributed by atoms with Crippen LogP contribution < -0.4 is 16.0 Å². The van der Waals surface area contributed by atoms with Crippen molar-refractivity contribution in [2.75, 3.05) is 0 Å². The highest BCUT2D eigenvalue weighted by Crippen LogP contribution is 2.27. The zero-order valence-corrected chi connectivity index (χ0v) is 16.6. The van der Waals surface area contributed by atoms with Crippen LogP contribution in [0.3, 0.4) is 0 Å². The number of amides is 1. The summed E-state index contributed by atoms with van der Waals surface area (Å²) in [5, 5.41) is 1.14. The SMILES string of the molecule is NNC(=O)c1ccc2nc(-c3ccc(OCc4c(Cl)cccc4Cl)cc3)[nH]c2c1. The molecule has 146 valence electrons. The summed E-state index contributed by atoms with van der Waals surface area (Å²) in [6, 6.07) is 18.0. The number of nitrogens with zero attached hydrogens (tertiary/aromatic N) is 1. The van der Waals surface area contributed by atoms with Gasteiger partial charge in [-0.05, 0) is 54.6 Å². The number of benzene rings is 3. The molecule has 1 heterocycles. The molecule has 0 bridgehead atoms. The minimum absolute atomic E-state index is 0.272. The van der Waals surface area contributed by atoms with Crippen molar-refractivity contribution in [2.24, 2.45) is 5.84 Å². The fourth-order valence-corrected chi connectivity index (χ4v) is 3.41. The summed E-state index contributed by atoms with van der Waals surface area (Å²) in [6.07, 6.45) is 0. The summed E-state index contributed by atoms with van der Waals surface area (Å²) in [4.78, 5) is 19.5. The highest BCUT2D eigenvalue weighted by Gasteiger charge is 2.10. The van der Waals surface area contributed by atoms with Crippen LogP contribution in [-0.4, -0.2) is 15.9 Å². The largest absolute Gasteiger partial charge is 0.489 e. The van der Waals surface area contributed by atoms with E-state index in [-0.39, 0.29) is 12.5 Å². The Bertz CT molecular complexity index is 1170. The molecule has 0 aliphatic heterocycles. The topological polar surface area (TPSA) is 93.0 Å². The van der Waals surface area contributed by atoms with E-state index in [1.54, 1.807) is 36.4 Å². The number of hydrazine groups is 1. The third kappa shape index (κ3) is 4.05. The van der Waals surface area contributed by atoms with E-state index in [1.165, 1.54) is 0 Å². The Labute approximate surface area is 176 Å². The number of fused-ring (bicyclic) bond motifs is 1. The normalized spacial score (nSPS) is 10.9. The first kappa shape index (κ1) is 19.3. The number of hydrogen-bond acceptors (Lipinski definition) is 4. The van der Waals surface area contributed by atoms with Crippen LogP contribution in [0.1, 0.15) is 15.9 Å². The van der Waals surface area contributed by atoms with Gasteiger partial charge in [0.05, 0.1) is 11.0 Å². The molecule has 8 heteroatoms. The number of nitrogen functional groups attached to an aromatic ring is 1. The number of nitrogens with one attached hydrogen (secondary N) is 2. The maximum atomic E-state index is 11.7. The van der Waals surface area contributed by atoms with Crippen molar-refractivity contribution in [3.63, 3.8) is 0 Å². The van der Waals surface area contributed by atoms with Crippen molar-refractivity contribution in [3.8, 4) is 17.1 Å². The minimum atomic E-state index is -0.358. The van der Waals surface area contributed by atoms with Gasteiger partial charge < -0.3 is 9.72 Å². The molecular weight excluding hydrogens is 411 g/mol. The van der Waals surface area contributed by atoms with Gasteiger partial charge in [0.15, 0.2) is 0 Å². The number of ether oxygens (including phenoxy) is 1. The Morgan fingerprint density at radius 1 is 1.07 bits per heavy atom. The molecule has 4 N–H and O–H groups in total. The first-order valence-electron chi connectivity index (χ1n) is 8.72. The number of aromatic amines is 1. The van der Waals surface area contributed by atoms with E-state index in [2.05, 4.69) is 15.4 Å². The number of H-pyrrole nitrogens is 1. The average Bonchev–Trinajstić information content (AvgIpc) is 3.16. The standard InChI is InChI=1S/C21H16Cl2N4O2/c22-16-2-1-3-17(23)15(16)11-29-14-7-4-12(5-8-14)20-25-18-9-6-13(21(28)27-24)10-19(18)26-20/h1-10H,11,24H2,(H,25,26)(H,27,28). The Hall–Kier alpha value is -3.06. The fraction of sp³-hybridized carbons (Fsp3) is 0.0476. The van der Waals surface area contributed by atoms with Crippen molar-refractivity contribution in [2.45, 2.75) is 6.61 Å². The van der Waals surface area contributed by atoms with Gasteiger partial charge in [0.25, 0.3) is 5.91 Å². The predicted molar refractivity (Wildman–Crippen MR) is 114 cm³/mol. The Morgan fingerprint density at radius 2 is 1.79 bits per heavy atom. The van der Waals surface area contributed by atoms with Crippen molar-refractivity contribution in [3.05, 3.63) is 81.8 Å². The molecule has 6 nitrogen and oxygen atoms in total. The summed E-state index contributed by atoms with van der Waals surface area (Å²) in [5.41, 5.74) is 5.70. The second-order valence-electron chi connectivity index (χ2n) is 6.30. The number of carbonyl (C=O) groups is 1. The average molecular weight is 427 g/mol. The van der Waals surface area contributed by atoms with Crippen molar-refractivity contribution in [1.82, 2.24) is 15.4 Å². The number of nitrogens with two attached hydrogens (primary N) is 1. The highest BCUT2D eigenvalue weighted by atomic mass is 35.5. The third-order valence-electron chi connectivity index (χ3n) is 4.45. The van der Waals surface area contributed by atoms with E-state index >= 15 is 0 Å². The van der Waals surface area contributed by atoms with Crippen molar-refractivity contribution in [1.29, 1.82) is 0 Å². The Balaban J connectivity index is 1.52. The highest BCUT2D eigenvalue weighted by molar-refractivity contribution is 6.35. The van der Waals surface area contributed by atoms with E-state index in [9.17, 15) is 4.79 Å². The van der Waals surface area contributed by atoms with Gasteiger partial charge in [-0.25, -0.2) is 10.8 Å². The van der Waals surface area contributed by atoms with E-state index in [1.807, 2.05) is 24.3 Å². The summed E-state index contributed by atoms with van der Waals surface area (Å²) in [6.45, 7) is 0.272. The molecule has 0 spiro atoms. The second-order valence-corrected chi connectivity index (χ2v) is 7.12. The van der Waals surface area contributed by atoms with Gasteiger partial charge in [0.2, 0.25) is 0 Å². The number of carbonyl (C=O) groups excluding carboxylic acids is 1. The van der Waals surface area contributed by atoms with Gasteiger partial charge in [0.1, 0.15) is 18.2 Å². The van der Waals surface area contributed by atoms with Gasteiger partial charge in [-0.1, -0.05) is 29.3 Å². The zero-order chi connectivity index (χ0) is 20.4. The molecule has 0 unspecified atom stereocenters. The molecule has 4 aromatic rings. The molecular formula is C21H16Cl2N4O2. The van der Waals surface area contributed by atoms with Crippen LogP contribution in [0.15, 0.2) is 60.7 Å². The minimum Gasteiger partial charge on any atom is -0.489 e.